The molecular weight excluding hydrogens is 247 g/mol. The van der Waals surface area contributed by atoms with Gasteiger partial charge in [-0.3, -0.25) is 9.59 Å². The van der Waals surface area contributed by atoms with E-state index in [2.05, 4.69) is 0 Å². The Morgan fingerprint density at radius 1 is 1.21 bits per heavy atom. The van der Waals surface area contributed by atoms with Gasteiger partial charge >= 0.3 is 0 Å². The molecule has 5 heteroatoms. The topological polar surface area (TPSA) is 63.4 Å². The van der Waals surface area contributed by atoms with Crippen molar-refractivity contribution >= 4 is 23.2 Å². The first-order valence-corrected chi connectivity index (χ1v) is 6.46. The largest absolute Gasteiger partial charge is 0.399 e. The Morgan fingerprint density at radius 3 is 2.53 bits per heavy atom. The molecule has 1 saturated carbocycles. The van der Waals surface area contributed by atoms with Gasteiger partial charge in [0.2, 0.25) is 11.8 Å². The molecule has 100 valence electrons. The first-order chi connectivity index (χ1) is 9.03. The van der Waals surface area contributed by atoms with Crippen molar-refractivity contribution in [3.63, 3.8) is 0 Å². The summed E-state index contributed by atoms with van der Waals surface area (Å²) in [6.45, 7) is 0. The third-order valence-corrected chi connectivity index (χ3v) is 4.17. The highest BCUT2D eigenvalue weighted by Gasteiger charge is 2.53. The molecule has 1 aliphatic heterocycles. The number of amides is 2. The minimum absolute atomic E-state index is 0.0213. The van der Waals surface area contributed by atoms with Gasteiger partial charge in [-0.1, -0.05) is 12.8 Å². The van der Waals surface area contributed by atoms with Crippen molar-refractivity contribution in [2.45, 2.75) is 32.1 Å². The summed E-state index contributed by atoms with van der Waals surface area (Å²) in [5.74, 6) is -1.19. The molecule has 1 aromatic rings. The molecule has 0 radical (unpaired) electrons. The van der Waals surface area contributed by atoms with E-state index in [1.54, 1.807) is 0 Å². The van der Waals surface area contributed by atoms with Crippen LogP contribution in [-0.4, -0.2) is 11.8 Å². The second-order valence-electron chi connectivity index (χ2n) is 5.41. The van der Waals surface area contributed by atoms with E-state index in [1.807, 2.05) is 0 Å². The summed E-state index contributed by atoms with van der Waals surface area (Å²) < 4.78 is 13.9. The van der Waals surface area contributed by atoms with Gasteiger partial charge in [0.15, 0.2) is 0 Å². The standard InChI is InChI=1S/C14H15FN2O2/c15-10-7-9(16)3-4-11(10)17-12(18)8-14(13(17)19)5-1-2-6-14/h3-4,7H,1-2,5-6,8,16H2. The van der Waals surface area contributed by atoms with Crippen molar-refractivity contribution in [3.05, 3.63) is 24.0 Å². The fourth-order valence-corrected chi connectivity index (χ4v) is 3.19. The Morgan fingerprint density at radius 2 is 1.89 bits per heavy atom. The summed E-state index contributed by atoms with van der Waals surface area (Å²) in [5, 5.41) is 0. The Balaban J connectivity index is 2.01. The summed E-state index contributed by atoms with van der Waals surface area (Å²) in [5.41, 5.74) is 5.20. The number of nitrogen functional groups attached to an aromatic ring is 1. The van der Waals surface area contributed by atoms with Gasteiger partial charge < -0.3 is 5.73 Å². The molecule has 0 aromatic heterocycles. The fraction of sp³-hybridized carbons (Fsp3) is 0.429. The Bertz CT molecular complexity index is 565. The van der Waals surface area contributed by atoms with E-state index in [-0.39, 0.29) is 29.6 Å². The van der Waals surface area contributed by atoms with Gasteiger partial charge in [-0.25, -0.2) is 9.29 Å². The van der Waals surface area contributed by atoms with Crippen LogP contribution in [0.2, 0.25) is 0 Å². The molecule has 19 heavy (non-hydrogen) atoms. The Hall–Kier alpha value is -1.91. The van der Waals surface area contributed by atoms with Gasteiger partial charge in [-0.2, -0.15) is 0 Å². The zero-order valence-electron chi connectivity index (χ0n) is 10.5. The maximum absolute atomic E-state index is 13.9. The second-order valence-corrected chi connectivity index (χ2v) is 5.41. The number of benzene rings is 1. The molecule has 2 aliphatic rings. The minimum Gasteiger partial charge on any atom is -0.399 e. The van der Waals surface area contributed by atoms with E-state index in [1.165, 1.54) is 12.1 Å². The van der Waals surface area contributed by atoms with Crippen molar-refractivity contribution in [2.24, 2.45) is 5.41 Å². The quantitative estimate of drug-likeness (QED) is 0.623. The van der Waals surface area contributed by atoms with Crippen molar-refractivity contribution in [1.29, 1.82) is 0 Å². The summed E-state index contributed by atoms with van der Waals surface area (Å²) in [6, 6.07) is 4.03. The van der Waals surface area contributed by atoms with Crippen molar-refractivity contribution in [2.75, 3.05) is 10.6 Å². The number of hydrogen-bond donors (Lipinski definition) is 1. The highest BCUT2D eigenvalue weighted by Crippen LogP contribution is 2.48. The van der Waals surface area contributed by atoms with Gasteiger partial charge in [0, 0.05) is 12.1 Å². The zero-order chi connectivity index (χ0) is 13.6. The number of nitrogens with zero attached hydrogens (tertiary/aromatic N) is 1. The van der Waals surface area contributed by atoms with Gasteiger partial charge in [0.05, 0.1) is 11.1 Å². The third kappa shape index (κ3) is 1.72. The summed E-state index contributed by atoms with van der Waals surface area (Å²) in [7, 11) is 0. The molecule has 2 N–H and O–H groups in total. The van der Waals surface area contributed by atoms with Crippen molar-refractivity contribution in [3.8, 4) is 0 Å². The smallest absolute Gasteiger partial charge is 0.240 e. The van der Waals surface area contributed by atoms with Crippen LogP contribution in [0.3, 0.4) is 0 Å². The Kier molecular flexibility index (Phi) is 2.59. The number of carbonyl (C=O) groups excluding carboxylic acids is 2. The van der Waals surface area contributed by atoms with Crippen LogP contribution in [0, 0.1) is 11.2 Å². The van der Waals surface area contributed by atoms with E-state index >= 15 is 0 Å². The number of carbonyl (C=O) groups is 2. The number of anilines is 2. The lowest BCUT2D eigenvalue weighted by atomic mass is 9.84. The lowest BCUT2D eigenvalue weighted by Crippen LogP contribution is -2.35. The van der Waals surface area contributed by atoms with E-state index in [0.717, 1.165) is 36.6 Å². The lowest BCUT2D eigenvalue weighted by Gasteiger charge is -2.21. The highest BCUT2D eigenvalue weighted by molar-refractivity contribution is 6.22. The highest BCUT2D eigenvalue weighted by atomic mass is 19.1. The van der Waals surface area contributed by atoms with Crippen LogP contribution in [0.1, 0.15) is 32.1 Å². The molecule has 1 heterocycles. The summed E-state index contributed by atoms with van der Waals surface area (Å²) in [4.78, 5) is 25.6. The third-order valence-electron chi connectivity index (χ3n) is 4.17. The van der Waals surface area contributed by atoms with E-state index in [0.29, 0.717) is 0 Å². The molecule has 4 nitrogen and oxygen atoms in total. The molecule has 1 saturated heterocycles. The van der Waals surface area contributed by atoms with Gasteiger partial charge in [0.1, 0.15) is 5.82 Å². The molecule has 1 spiro atoms. The lowest BCUT2D eigenvalue weighted by molar-refractivity contribution is -0.125. The van der Waals surface area contributed by atoms with Crippen LogP contribution in [0.5, 0.6) is 0 Å². The maximum atomic E-state index is 13.9. The summed E-state index contributed by atoms with van der Waals surface area (Å²) in [6.07, 6.45) is 3.57. The average molecular weight is 262 g/mol. The number of nitrogens with two attached hydrogens (primary N) is 1. The molecule has 2 fully saturated rings. The van der Waals surface area contributed by atoms with Crippen LogP contribution in [-0.2, 0) is 9.59 Å². The predicted octanol–water partition coefficient (Wildman–Crippen LogP) is 2.23. The van der Waals surface area contributed by atoms with Crippen LogP contribution in [0.4, 0.5) is 15.8 Å². The van der Waals surface area contributed by atoms with Crippen molar-refractivity contribution < 1.29 is 14.0 Å². The molecular formula is C14H15FN2O2. The molecule has 0 unspecified atom stereocenters. The molecule has 3 rings (SSSR count). The predicted molar refractivity (Wildman–Crippen MR) is 68.8 cm³/mol. The van der Waals surface area contributed by atoms with E-state index in [9.17, 15) is 14.0 Å². The maximum Gasteiger partial charge on any atom is 0.240 e. The monoisotopic (exact) mass is 262 g/mol. The van der Waals surface area contributed by atoms with E-state index in [4.69, 9.17) is 5.73 Å². The molecule has 1 aliphatic carbocycles. The average Bonchev–Trinajstić information content (AvgIpc) is 2.89. The molecule has 2 amide bonds. The minimum atomic E-state index is -0.628. The van der Waals surface area contributed by atoms with Crippen LogP contribution >= 0.6 is 0 Å². The van der Waals surface area contributed by atoms with Gasteiger partial charge in [-0.15, -0.1) is 0 Å². The second kappa shape index (κ2) is 4.05. The number of hydrogen-bond acceptors (Lipinski definition) is 3. The molecule has 1 aromatic carbocycles. The van der Waals surface area contributed by atoms with Crippen LogP contribution < -0.4 is 10.6 Å². The zero-order valence-corrected chi connectivity index (χ0v) is 10.5. The first-order valence-electron chi connectivity index (χ1n) is 6.46. The van der Waals surface area contributed by atoms with E-state index < -0.39 is 11.2 Å². The normalized spacial score (nSPS) is 21.6. The Labute approximate surface area is 110 Å². The van der Waals surface area contributed by atoms with Gasteiger partial charge in [-0.05, 0) is 31.0 Å². The number of imide groups is 1. The summed E-state index contributed by atoms with van der Waals surface area (Å²) >= 11 is 0. The van der Waals surface area contributed by atoms with Crippen LogP contribution in [0.25, 0.3) is 0 Å². The van der Waals surface area contributed by atoms with Crippen LogP contribution in [0.15, 0.2) is 18.2 Å². The number of halogens is 1. The molecule has 0 atom stereocenters. The molecule has 0 bridgehead atoms. The SMILES string of the molecule is Nc1ccc(N2C(=O)CC3(CCCC3)C2=O)c(F)c1. The van der Waals surface area contributed by atoms with Crippen molar-refractivity contribution in [1.82, 2.24) is 0 Å². The number of rotatable bonds is 1. The van der Waals surface area contributed by atoms with Gasteiger partial charge in [0.25, 0.3) is 0 Å². The first kappa shape index (κ1) is 12.1. The fourth-order valence-electron chi connectivity index (χ4n) is 3.19.